The summed E-state index contributed by atoms with van der Waals surface area (Å²) in [7, 11) is 0. The van der Waals surface area contributed by atoms with E-state index in [0.29, 0.717) is 12.0 Å². The van der Waals surface area contributed by atoms with Crippen LogP contribution in [0.5, 0.6) is 0 Å². The van der Waals surface area contributed by atoms with Crippen molar-refractivity contribution < 1.29 is 4.74 Å². The molecule has 1 aliphatic rings. The summed E-state index contributed by atoms with van der Waals surface area (Å²) in [5.74, 6) is 0.694. The van der Waals surface area contributed by atoms with Crippen molar-refractivity contribution in [2.45, 2.75) is 32.2 Å². The zero-order chi connectivity index (χ0) is 12.8. The predicted octanol–water partition coefficient (Wildman–Crippen LogP) is 3.92. The monoisotopic (exact) mass is 311 g/mol. The number of benzene rings is 1. The number of halogens is 1. The molecule has 0 radical (unpaired) electrons. The Hall–Kier alpha value is -0.380. The second kappa shape index (κ2) is 7.27. The first-order chi connectivity index (χ1) is 8.81. The molecule has 1 fully saturated rings. The molecule has 0 amide bonds. The van der Waals surface area contributed by atoms with Gasteiger partial charge in [0.1, 0.15) is 0 Å². The van der Waals surface area contributed by atoms with Gasteiger partial charge in [-0.15, -0.1) is 0 Å². The van der Waals surface area contributed by atoms with E-state index in [9.17, 15) is 0 Å². The second-order valence-electron chi connectivity index (χ2n) is 4.94. The van der Waals surface area contributed by atoms with Crippen molar-refractivity contribution in [1.29, 1.82) is 0 Å². The van der Waals surface area contributed by atoms with E-state index in [0.717, 1.165) is 37.1 Å². The van der Waals surface area contributed by atoms with Crippen molar-refractivity contribution in [3.05, 3.63) is 34.3 Å². The Balaban J connectivity index is 2.12. The lowest BCUT2D eigenvalue weighted by Gasteiger charge is -2.31. The van der Waals surface area contributed by atoms with Crippen LogP contribution in [-0.2, 0) is 4.74 Å². The highest BCUT2D eigenvalue weighted by Crippen LogP contribution is 2.31. The van der Waals surface area contributed by atoms with Gasteiger partial charge in [-0.3, -0.25) is 0 Å². The van der Waals surface area contributed by atoms with Crippen LogP contribution in [0, 0.1) is 5.92 Å². The highest BCUT2D eigenvalue weighted by molar-refractivity contribution is 9.10. The van der Waals surface area contributed by atoms with Crippen molar-refractivity contribution in [2.24, 2.45) is 5.92 Å². The predicted molar refractivity (Wildman–Crippen MR) is 78.7 cm³/mol. The lowest BCUT2D eigenvalue weighted by Crippen LogP contribution is -2.32. The largest absolute Gasteiger partial charge is 0.381 e. The second-order valence-corrected chi connectivity index (χ2v) is 5.85. The maximum Gasteiger partial charge on any atom is 0.0469 e. The molecule has 100 valence electrons. The van der Waals surface area contributed by atoms with Crippen LogP contribution >= 0.6 is 15.9 Å². The van der Waals surface area contributed by atoms with Gasteiger partial charge >= 0.3 is 0 Å². The van der Waals surface area contributed by atoms with Crippen LogP contribution in [-0.4, -0.2) is 19.8 Å². The molecule has 0 aromatic heterocycles. The van der Waals surface area contributed by atoms with Crippen LogP contribution in [0.2, 0.25) is 0 Å². The van der Waals surface area contributed by atoms with E-state index in [-0.39, 0.29) is 0 Å². The first kappa shape index (κ1) is 14.0. The summed E-state index contributed by atoms with van der Waals surface area (Å²) in [5, 5.41) is 3.71. The summed E-state index contributed by atoms with van der Waals surface area (Å²) < 4.78 is 6.64. The van der Waals surface area contributed by atoms with Gasteiger partial charge in [-0.1, -0.05) is 35.0 Å². The van der Waals surface area contributed by atoms with Gasteiger partial charge in [0, 0.05) is 23.7 Å². The molecular formula is C15H22BrNO. The van der Waals surface area contributed by atoms with E-state index < -0.39 is 0 Å². The van der Waals surface area contributed by atoms with Crippen LogP contribution < -0.4 is 5.32 Å². The zero-order valence-corrected chi connectivity index (χ0v) is 12.6. The Labute approximate surface area is 118 Å². The van der Waals surface area contributed by atoms with Gasteiger partial charge in [-0.05, 0) is 49.4 Å². The molecule has 1 aliphatic heterocycles. The molecule has 1 aromatic carbocycles. The van der Waals surface area contributed by atoms with E-state index in [1.54, 1.807) is 0 Å². The van der Waals surface area contributed by atoms with E-state index in [4.69, 9.17) is 4.74 Å². The first-order valence-electron chi connectivity index (χ1n) is 6.88. The van der Waals surface area contributed by atoms with Crippen LogP contribution in [0.3, 0.4) is 0 Å². The number of rotatable bonds is 5. The van der Waals surface area contributed by atoms with Gasteiger partial charge in [0.15, 0.2) is 0 Å². The molecule has 1 aromatic rings. The van der Waals surface area contributed by atoms with Gasteiger partial charge in [-0.2, -0.15) is 0 Å². The van der Waals surface area contributed by atoms with Gasteiger partial charge in [0.2, 0.25) is 0 Å². The van der Waals surface area contributed by atoms with Gasteiger partial charge in [-0.25, -0.2) is 0 Å². The molecule has 1 N–H and O–H groups in total. The summed E-state index contributed by atoms with van der Waals surface area (Å²) in [4.78, 5) is 0. The maximum absolute atomic E-state index is 5.48. The molecular weight excluding hydrogens is 290 g/mol. The summed E-state index contributed by atoms with van der Waals surface area (Å²) in [5.41, 5.74) is 1.39. The molecule has 18 heavy (non-hydrogen) atoms. The molecule has 1 unspecified atom stereocenters. The zero-order valence-electron chi connectivity index (χ0n) is 11.0. The standard InChI is InChI=1S/C15H22BrNO/c1-2-8-17-15(12-6-9-18-10-7-12)13-4-3-5-14(16)11-13/h3-5,11-12,15,17H,2,6-10H2,1H3. The van der Waals surface area contributed by atoms with E-state index in [1.165, 1.54) is 12.0 Å². The molecule has 0 aliphatic carbocycles. The Morgan fingerprint density at radius 1 is 1.39 bits per heavy atom. The molecule has 0 saturated carbocycles. The molecule has 1 saturated heterocycles. The third-order valence-corrected chi connectivity index (χ3v) is 4.05. The first-order valence-corrected chi connectivity index (χ1v) is 7.67. The van der Waals surface area contributed by atoms with Crippen molar-refractivity contribution >= 4 is 15.9 Å². The minimum Gasteiger partial charge on any atom is -0.381 e. The quantitative estimate of drug-likeness (QED) is 0.890. The van der Waals surface area contributed by atoms with Gasteiger partial charge in [0.25, 0.3) is 0 Å². The topological polar surface area (TPSA) is 21.3 Å². The summed E-state index contributed by atoms with van der Waals surface area (Å²) in [6.45, 7) is 5.11. The summed E-state index contributed by atoms with van der Waals surface area (Å²) in [6.07, 6.45) is 3.50. The smallest absolute Gasteiger partial charge is 0.0469 e. The van der Waals surface area contributed by atoms with E-state index in [2.05, 4.69) is 52.4 Å². The van der Waals surface area contributed by atoms with Crippen molar-refractivity contribution in [3.8, 4) is 0 Å². The average molecular weight is 312 g/mol. The Morgan fingerprint density at radius 3 is 2.83 bits per heavy atom. The van der Waals surface area contributed by atoms with E-state index in [1.807, 2.05) is 0 Å². The number of hydrogen-bond donors (Lipinski definition) is 1. The van der Waals surface area contributed by atoms with Crippen molar-refractivity contribution in [1.82, 2.24) is 5.32 Å². The molecule has 1 heterocycles. The Morgan fingerprint density at radius 2 is 2.17 bits per heavy atom. The Kier molecular flexibility index (Phi) is 5.67. The fourth-order valence-electron chi connectivity index (χ4n) is 2.61. The maximum atomic E-state index is 5.48. The number of hydrogen-bond acceptors (Lipinski definition) is 2. The van der Waals surface area contributed by atoms with Crippen LogP contribution in [0.1, 0.15) is 37.8 Å². The highest BCUT2D eigenvalue weighted by atomic mass is 79.9. The third-order valence-electron chi connectivity index (χ3n) is 3.56. The SMILES string of the molecule is CCCNC(c1cccc(Br)c1)C1CCOCC1. The summed E-state index contributed by atoms with van der Waals surface area (Å²) >= 11 is 3.57. The molecule has 0 spiro atoms. The Bertz CT molecular complexity index is 363. The van der Waals surface area contributed by atoms with Crippen molar-refractivity contribution in [2.75, 3.05) is 19.8 Å². The number of nitrogens with one attached hydrogen (secondary N) is 1. The lowest BCUT2D eigenvalue weighted by molar-refractivity contribution is 0.0536. The molecule has 2 nitrogen and oxygen atoms in total. The van der Waals surface area contributed by atoms with Crippen LogP contribution in [0.25, 0.3) is 0 Å². The van der Waals surface area contributed by atoms with E-state index >= 15 is 0 Å². The minimum absolute atomic E-state index is 0.464. The highest BCUT2D eigenvalue weighted by Gasteiger charge is 2.24. The molecule has 2 rings (SSSR count). The van der Waals surface area contributed by atoms with Gasteiger partial charge in [0.05, 0.1) is 0 Å². The molecule has 1 atom stereocenters. The molecule has 0 bridgehead atoms. The fourth-order valence-corrected chi connectivity index (χ4v) is 3.02. The van der Waals surface area contributed by atoms with Gasteiger partial charge < -0.3 is 10.1 Å². The summed E-state index contributed by atoms with van der Waals surface area (Å²) in [6, 6.07) is 9.14. The molecule has 3 heteroatoms. The minimum atomic E-state index is 0.464. The average Bonchev–Trinajstić information content (AvgIpc) is 2.40. The van der Waals surface area contributed by atoms with Crippen LogP contribution in [0.15, 0.2) is 28.7 Å². The lowest BCUT2D eigenvalue weighted by atomic mass is 9.87. The van der Waals surface area contributed by atoms with Crippen molar-refractivity contribution in [3.63, 3.8) is 0 Å². The normalized spacial score (nSPS) is 18.8. The third kappa shape index (κ3) is 3.81. The fraction of sp³-hybridized carbons (Fsp3) is 0.600. The van der Waals surface area contributed by atoms with Crippen LogP contribution in [0.4, 0.5) is 0 Å². The number of ether oxygens (including phenoxy) is 1.